The molecule has 2 heterocycles. The SMILES string of the molecule is Fc1cccc(-c2c[nH]c3ncc(-c4ccccc4Oc4ccccc4)cc23)c1. The molecule has 2 aromatic heterocycles. The van der Waals surface area contributed by atoms with Gasteiger partial charge in [-0.05, 0) is 42.0 Å². The van der Waals surface area contributed by atoms with Crippen LogP contribution in [0.1, 0.15) is 0 Å². The van der Waals surface area contributed by atoms with Crippen LogP contribution in [0.3, 0.4) is 0 Å². The second-order valence-corrected chi connectivity index (χ2v) is 6.74. The third-order valence-electron chi connectivity index (χ3n) is 4.84. The average Bonchev–Trinajstić information content (AvgIpc) is 3.18. The van der Waals surface area contributed by atoms with E-state index in [1.807, 2.05) is 73.1 Å². The van der Waals surface area contributed by atoms with Gasteiger partial charge in [0, 0.05) is 34.5 Å². The minimum atomic E-state index is -0.262. The molecule has 0 radical (unpaired) electrons. The average molecular weight is 380 g/mol. The second kappa shape index (κ2) is 7.24. The zero-order chi connectivity index (χ0) is 19.6. The number of benzene rings is 3. The quantitative estimate of drug-likeness (QED) is 0.371. The maximum atomic E-state index is 13.7. The summed E-state index contributed by atoms with van der Waals surface area (Å²) in [5, 5.41) is 0.933. The van der Waals surface area contributed by atoms with Crippen molar-refractivity contribution in [1.29, 1.82) is 0 Å². The van der Waals surface area contributed by atoms with Gasteiger partial charge in [0.2, 0.25) is 0 Å². The van der Waals surface area contributed by atoms with Crippen molar-refractivity contribution in [3.8, 4) is 33.8 Å². The van der Waals surface area contributed by atoms with Gasteiger partial charge in [0.25, 0.3) is 0 Å². The number of halogens is 1. The van der Waals surface area contributed by atoms with E-state index in [-0.39, 0.29) is 5.82 Å². The third-order valence-corrected chi connectivity index (χ3v) is 4.84. The molecular weight excluding hydrogens is 363 g/mol. The molecule has 0 saturated carbocycles. The lowest BCUT2D eigenvalue weighted by Crippen LogP contribution is -1.89. The van der Waals surface area contributed by atoms with Crippen molar-refractivity contribution in [3.05, 3.63) is 103 Å². The van der Waals surface area contributed by atoms with Crippen molar-refractivity contribution >= 4 is 11.0 Å². The summed E-state index contributed by atoms with van der Waals surface area (Å²) in [6.45, 7) is 0. The molecule has 0 aliphatic heterocycles. The van der Waals surface area contributed by atoms with Crippen LogP contribution in [0, 0.1) is 5.82 Å². The molecule has 5 aromatic rings. The van der Waals surface area contributed by atoms with Crippen LogP contribution < -0.4 is 4.74 Å². The summed E-state index contributed by atoms with van der Waals surface area (Å²) < 4.78 is 19.8. The Balaban J connectivity index is 1.61. The molecule has 1 N–H and O–H groups in total. The third kappa shape index (κ3) is 3.36. The Hall–Kier alpha value is -3.92. The molecule has 0 atom stereocenters. The molecule has 0 bridgehead atoms. The first-order chi connectivity index (χ1) is 14.3. The zero-order valence-corrected chi connectivity index (χ0v) is 15.5. The fourth-order valence-corrected chi connectivity index (χ4v) is 3.46. The smallest absolute Gasteiger partial charge is 0.137 e. The van der Waals surface area contributed by atoms with Gasteiger partial charge in [-0.3, -0.25) is 0 Å². The summed E-state index contributed by atoms with van der Waals surface area (Å²) in [4.78, 5) is 7.74. The summed E-state index contributed by atoms with van der Waals surface area (Å²) >= 11 is 0. The first kappa shape index (κ1) is 17.2. The molecule has 29 heavy (non-hydrogen) atoms. The molecule has 5 rings (SSSR count). The van der Waals surface area contributed by atoms with E-state index in [4.69, 9.17) is 4.74 Å². The number of aromatic nitrogens is 2. The summed E-state index contributed by atoms with van der Waals surface area (Å²) in [6.07, 6.45) is 3.68. The number of hydrogen-bond donors (Lipinski definition) is 1. The molecule has 0 spiro atoms. The maximum absolute atomic E-state index is 13.7. The summed E-state index contributed by atoms with van der Waals surface area (Å²) in [5.74, 6) is 1.27. The highest BCUT2D eigenvalue weighted by Crippen LogP contribution is 2.36. The molecule has 0 unspecified atom stereocenters. The summed E-state index contributed by atoms with van der Waals surface area (Å²) in [7, 11) is 0. The van der Waals surface area contributed by atoms with Crippen LogP contribution in [0.2, 0.25) is 0 Å². The Morgan fingerprint density at radius 2 is 1.59 bits per heavy atom. The molecule has 0 saturated heterocycles. The monoisotopic (exact) mass is 380 g/mol. The topological polar surface area (TPSA) is 37.9 Å². The van der Waals surface area contributed by atoms with E-state index in [9.17, 15) is 4.39 Å². The zero-order valence-electron chi connectivity index (χ0n) is 15.5. The highest BCUT2D eigenvalue weighted by atomic mass is 19.1. The number of nitrogens with zero attached hydrogens (tertiary/aromatic N) is 1. The number of hydrogen-bond acceptors (Lipinski definition) is 2. The van der Waals surface area contributed by atoms with Crippen LogP contribution in [0.15, 0.2) is 97.3 Å². The number of rotatable bonds is 4. The fourth-order valence-electron chi connectivity index (χ4n) is 3.46. The lowest BCUT2D eigenvalue weighted by molar-refractivity contribution is 0.484. The maximum Gasteiger partial charge on any atom is 0.137 e. The van der Waals surface area contributed by atoms with Gasteiger partial charge in [-0.1, -0.05) is 48.5 Å². The molecule has 140 valence electrons. The predicted molar refractivity (Wildman–Crippen MR) is 113 cm³/mol. The molecule has 3 nitrogen and oxygen atoms in total. The normalized spacial score (nSPS) is 10.9. The standard InChI is InChI=1S/C25H17FN2O/c26-19-8-6-7-17(13-19)23-16-28-25-22(23)14-18(15-27-25)21-11-4-5-12-24(21)29-20-9-2-1-3-10-20/h1-16H,(H,27,28). The molecule has 0 fully saturated rings. The van der Waals surface area contributed by atoms with Gasteiger partial charge >= 0.3 is 0 Å². The number of pyridine rings is 1. The molecule has 4 heteroatoms. The lowest BCUT2D eigenvalue weighted by Gasteiger charge is -2.11. The van der Waals surface area contributed by atoms with Crippen molar-refractivity contribution in [2.45, 2.75) is 0 Å². The number of nitrogens with one attached hydrogen (secondary N) is 1. The highest BCUT2D eigenvalue weighted by molar-refractivity contribution is 5.96. The van der Waals surface area contributed by atoms with E-state index in [1.54, 1.807) is 6.07 Å². The van der Waals surface area contributed by atoms with E-state index in [2.05, 4.69) is 16.0 Å². The first-order valence-corrected chi connectivity index (χ1v) is 9.33. The minimum Gasteiger partial charge on any atom is -0.457 e. The van der Waals surface area contributed by atoms with Gasteiger partial charge in [-0.2, -0.15) is 0 Å². The summed E-state index contributed by atoms with van der Waals surface area (Å²) in [6, 6.07) is 26.2. The van der Waals surface area contributed by atoms with Crippen LogP contribution in [-0.2, 0) is 0 Å². The predicted octanol–water partition coefficient (Wildman–Crippen LogP) is 6.83. The Bertz CT molecular complexity index is 1290. The van der Waals surface area contributed by atoms with Crippen molar-refractivity contribution in [1.82, 2.24) is 9.97 Å². The Labute approximate surface area is 167 Å². The van der Waals surface area contributed by atoms with E-state index in [0.29, 0.717) is 0 Å². The van der Waals surface area contributed by atoms with Crippen molar-refractivity contribution in [3.63, 3.8) is 0 Å². The van der Waals surface area contributed by atoms with Gasteiger partial charge in [-0.15, -0.1) is 0 Å². The van der Waals surface area contributed by atoms with Gasteiger partial charge < -0.3 is 9.72 Å². The number of H-pyrrole nitrogens is 1. The van der Waals surface area contributed by atoms with Crippen molar-refractivity contribution in [2.75, 3.05) is 0 Å². The number of ether oxygens (including phenoxy) is 1. The van der Waals surface area contributed by atoms with Crippen LogP contribution in [0.4, 0.5) is 4.39 Å². The van der Waals surface area contributed by atoms with Crippen LogP contribution in [0.25, 0.3) is 33.3 Å². The largest absolute Gasteiger partial charge is 0.457 e. The van der Waals surface area contributed by atoms with Crippen molar-refractivity contribution in [2.24, 2.45) is 0 Å². The van der Waals surface area contributed by atoms with E-state index in [0.717, 1.165) is 44.8 Å². The van der Waals surface area contributed by atoms with Gasteiger partial charge in [0.05, 0.1) is 0 Å². The molecular formula is C25H17FN2O. The molecule has 0 aliphatic carbocycles. The molecule has 3 aromatic carbocycles. The van der Waals surface area contributed by atoms with Crippen molar-refractivity contribution < 1.29 is 9.13 Å². The van der Waals surface area contributed by atoms with Crippen LogP contribution >= 0.6 is 0 Å². The van der Waals surface area contributed by atoms with E-state index >= 15 is 0 Å². The van der Waals surface area contributed by atoms with Crippen LogP contribution in [-0.4, -0.2) is 9.97 Å². The number of fused-ring (bicyclic) bond motifs is 1. The number of aromatic amines is 1. The van der Waals surface area contributed by atoms with E-state index in [1.165, 1.54) is 12.1 Å². The van der Waals surface area contributed by atoms with Gasteiger partial charge in [0.15, 0.2) is 0 Å². The van der Waals surface area contributed by atoms with Crippen LogP contribution in [0.5, 0.6) is 11.5 Å². The Morgan fingerprint density at radius 1 is 0.759 bits per heavy atom. The van der Waals surface area contributed by atoms with E-state index < -0.39 is 0 Å². The Kier molecular flexibility index (Phi) is 4.30. The van der Waals surface area contributed by atoms with Gasteiger partial charge in [0.1, 0.15) is 23.0 Å². The van der Waals surface area contributed by atoms with Gasteiger partial charge in [-0.25, -0.2) is 9.37 Å². The Morgan fingerprint density at radius 3 is 2.45 bits per heavy atom. The molecule has 0 amide bonds. The highest BCUT2D eigenvalue weighted by Gasteiger charge is 2.12. The second-order valence-electron chi connectivity index (χ2n) is 6.74. The lowest BCUT2D eigenvalue weighted by atomic mass is 10.0. The number of para-hydroxylation sites is 2. The summed E-state index contributed by atoms with van der Waals surface area (Å²) in [5.41, 5.74) is 4.35. The fraction of sp³-hybridized carbons (Fsp3) is 0. The minimum absolute atomic E-state index is 0.262. The first-order valence-electron chi connectivity index (χ1n) is 9.33. The molecule has 0 aliphatic rings.